The summed E-state index contributed by atoms with van der Waals surface area (Å²) in [6.07, 6.45) is 7.25. The number of ketones is 2. The summed E-state index contributed by atoms with van der Waals surface area (Å²) in [6.45, 7) is 27.3. The van der Waals surface area contributed by atoms with E-state index in [0.717, 1.165) is 33.4 Å². The van der Waals surface area contributed by atoms with E-state index in [1.807, 2.05) is 24.3 Å². The number of fused-ring (bicyclic) bond motifs is 2. The van der Waals surface area contributed by atoms with Crippen LogP contribution in [0.25, 0.3) is 12.2 Å². The van der Waals surface area contributed by atoms with Gasteiger partial charge in [0.15, 0.2) is 11.6 Å². The lowest BCUT2D eigenvalue weighted by Gasteiger charge is -2.32. The SMILES string of the molecule is Cc1cc(C=CC(=O)c2ccc3c(c2)C(C)(C)C(C)C3(C)C)ccc1Sc1ccc(C=CC(=O)c2ccc3c(c2)C(C)(C)C(C)C3(C)C)cc1C. The van der Waals surface area contributed by atoms with Crippen LogP contribution in [0.4, 0.5) is 0 Å². The first-order valence-electron chi connectivity index (χ1n) is 18.4. The fourth-order valence-corrected chi connectivity index (χ4v) is 9.71. The molecule has 6 rings (SSSR count). The van der Waals surface area contributed by atoms with E-state index in [4.69, 9.17) is 0 Å². The Morgan fingerprint density at radius 1 is 0.510 bits per heavy atom. The van der Waals surface area contributed by atoms with Gasteiger partial charge >= 0.3 is 0 Å². The number of hydrogen-bond donors (Lipinski definition) is 0. The van der Waals surface area contributed by atoms with Gasteiger partial charge in [-0.3, -0.25) is 9.59 Å². The Balaban J connectivity index is 1.11. The quantitative estimate of drug-likeness (QED) is 0.136. The van der Waals surface area contributed by atoms with E-state index in [9.17, 15) is 9.59 Å². The van der Waals surface area contributed by atoms with Crippen molar-refractivity contribution in [3.05, 3.63) is 141 Å². The minimum atomic E-state index is 0.0230. The van der Waals surface area contributed by atoms with Crippen LogP contribution in [0.1, 0.15) is 134 Å². The number of allylic oxidation sites excluding steroid dienone is 2. The summed E-state index contributed by atoms with van der Waals surface area (Å²) < 4.78 is 0. The van der Waals surface area contributed by atoms with Gasteiger partial charge in [0.05, 0.1) is 0 Å². The third-order valence-electron chi connectivity index (χ3n) is 13.2. The minimum absolute atomic E-state index is 0.0230. The van der Waals surface area contributed by atoms with Crippen molar-refractivity contribution in [2.75, 3.05) is 0 Å². The van der Waals surface area contributed by atoms with Crippen LogP contribution in [-0.2, 0) is 21.7 Å². The van der Waals surface area contributed by atoms with Crippen LogP contribution in [0.3, 0.4) is 0 Å². The molecule has 2 aliphatic rings. The maximum atomic E-state index is 13.3. The van der Waals surface area contributed by atoms with E-state index in [-0.39, 0.29) is 33.2 Å². The standard InChI is InChI=1S/C48H54O2S/c1-29-25-33(13-21-41(49)35-17-19-37-39(27-35)47(9,10)31(3)45(37,5)6)15-23-43(29)51-44-24-16-34(26-30(44)2)14-22-42(50)36-18-20-38-40(28-36)48(11,12)32(4)46(38,7)8/h13-28,31-32H,1-12H3. The summed E-state index contributed by atoms with van der Waals surface area (Å²) >= 11 is 1.74. The summed E-state index contributed by atoms with van der Waals surface area (Å²) in [5.74, 6) is 1.04. The Hall–Kier alpha value is -3.95. The van der Waals surface area contributed by atoms with Crippen molar-refractivity contribution in [1.29, 1.82) is 0 Å². The van der Waals surface area contributed by atoms with Gasteiger partial charge in [-0.25, -0.2) is 0 Å². The predicted molar refractivity (Wildman–Crippen MR) is 217 cm³/mol. The first kappa shape index (κ1) is 36.8. The fourth-order valence-electron chi connectivity index (χ4n) is 8.76. The highest BCUT2D eigenvalue weighted by molar-refractivity contribution is 7.99. The molecule has 2 nitrogen and oxygen atoms in total. The van der Waals surface area contributed by atoms with E-state index in [1.54, 1.807) is 23.9 Å². The molecule has 51 heavy (non-hydrogen) atoms. The summed E-state index contributed by atoms with van der Waals surface area (Å²) in [7, 11) is 0. The molecule has 0 radical (unpaired) electrons. The van der Waals surface area contributed by atoms with E-state index in [2.05, 4.69) is 144 Å². The van der Waals surface area contributed by atoms with Crippen molar-refractivity contribution >= 4 is 35.5 Å². The molecule has 0 aliphatic heterocycles. The molecule has 3 heteroatoms. The molecule has 0 fully saturated rings. The van der Waals surface area contributed by atoms with Crippen LogP contribution in [0.2, 0.25) is 0 Å². The number of aryl methyl sites for hydroxylation is 2. The Morgan fingerprint density at radius 3 is 1.22 bits per heavy atom. The first-order chi connectivity index (χ1) is 23.8. The minimum Gasteiger partial charge on any atom is -0.289 e. The largest absolute Gasteiger partial charge is 0.289 e. The van der Waals surface area contributed by atoms with Gasteiger partial charge in [-0.1, -0.05) is 142 Å². The van der Waals surface area contributed by atoms with Gasteiger partial charge in [0.25, 0.3) is 0 Å². The number of rotatable bonds is 8. The maximum absolute atomic E-state index is 13.3. The predicted octanol–water partition coefficient (Wildman–Crippen LogP) is 12.7. The van der Waals surface area contributed by atoms with Gasteiger partial charge in [0.2, 0.25) is 0 Å². The Bertz CT molecular complexity index is 1970. The Kier molecular flexibility index (Phi) is 9.33. The molecule has 0 spiro atoms. The second-order valence-electron chi connectivity index (χ2n) is 17.4. The molecule has 0 saturated heterocycles. The second kappa shape index (κ2) is 12.9. The highest BCUT2D eigenvalue weighted by Gasteiger charge is 2.49. The van der Waals surface area contributed by atoms with Crippen molar-refractivity contribution in [1.82, 2.24) is 0 Å². The van der Waals surface area contributed by atoms with Gasteiger partial charge in [-0.15, -0.1) is 0 Å². The fraction of sp³-hybridized carbons (Fsp3) is 0.375. The van der Waals surface area contributed by atoms with E-state index in [0.29, 0.717) is 11.8 Å². The van der Waals surface area contributed by atoms with Gasteiger partial charge in [0.1, 0.15) is 0 Å². The van der Waals surface area contributed by atoms with Crippen LogP contribution < -0.4 is 0 Å². The van der Waals surface area contributed by atoms with Gasteiger partial charge in [0, 0.05) is 20.9 Å². The molecule has 2 aliphatic carbocycles. The summed E-state index contributed by atoms with van der Waals surface area (Å²) in [4.78, 5) is 28.9. The molecule has 0 amide bonds. The average Bonchev–Trinajstić information content (AvgIpc) is 3.31. The lowest BCUT2D eigenvalue weighted by Crippen LogP contribution is -2.30. The number of carbonyl (C=O) groups is 2. The number of carbonyl (C=O) groups excluding carboxylic acids is 2. The molecule has 0 saturated carbocycles. The molecule has 0 bridgehead atoms. The lowest BCUT2D eigenvalue weighted by molar-refractivity contribution is 0.103. The van der Waals surface area contributed by atoms with Crippen LogP contribution in [-0.4, -0.2) is 11.6 Å². The Labute approximate surface area is 310 Å². The monoisotopic (exact) mass is 694 g/mol. The van der Waals surface area contributed by atoms with E-state index < -0.39 is 0 Å². The summed E-state index contributed by atoms with van der Waals surface area (Å²) in [5, 5.41) is 0. The van der Waals surface area contributed by atoms with Crippen molar-refractivity contribution < 1.29 is 9.59 Å². The average molecular weight is 695 g/mol. The summed E-state index contributed by atoms with van der Waals surface area (Å²) in [5.41, 5.74) is 11.4. The first-order valence-corrected chi connectivity index (χ1v) is 19.2. The normalized spacial score (nSPS) is 20.9. The topological polar surface area (TPSA) is 34.1 Å². The van der Waals surface area contributed by atoms with Crippen molar-refractivity contribution in [3.8, 4) is 0 Å². The molecule has 4 aromatic carbocycles. The molecule has 264 valence electrons. The molecule has 2 atom stereocenters. The van der Waals surface area contributed by atoms with E-state index in [1.165, 1.54) is 32.0 Å². The van der Waals surface area contributed by atoms with Crippen molar-refractivity contribution in [2.45, 2.75) is 115 Å². The van der Waals surface area contributed by atoms with Crippen LogP contribution in [0.15, 0.2) is 94.7 Å². The molecule has 0 aromatic heterocycles. The smallest absolute Gasteiger partial charge is 0.185 e. The van der Waals surface area contributed by atoms with Crippen LogP contribution in [0, 0.1) is 25.7 Å². The maximum Gasteiger partial charge on any atom is 0.185 e. The number of benzene rings is 4. The highest BCUT2D eigenvalue weighted by atomic mass is 32.2. The second-order valence-corrected chi connectivity index (χ2v) is 18.5. The van der Waals surface area contributed by atoms with E-state index >= 15 is 0 Å². The van der Waals surface area contributed by atoms with Crippen molar-refractivity contribution in [2.24, 2.45) is 11.8 Å². The highest BCUT2D eigenvalue weighted by Crippen LogP contribution is 2.54. The molecule has 0 heterocycles. The van der Waals surface area contributed by atoms with Crippen LogP contribution >= 0.6 is 11.8 Å². The molecule has 2 unspecified atom stereocenters. The zero-order valence-corrected chi connectivity index (χ0v) is 33.4. The third-order valence-corrected chi connectivity index (χ3v) is 14.5. The third kappa shape index (κ3) is 6.41. The zero-order chi connectivity index (χ0) is 37.3. The van der Waals surface area contributed by atoms with Gasteiger partial charge in [-0.05, 0) is 128 Å². The molecular weight excluding hydrogens is 641 g/mol. The van der Waals surface area contributed by atoms with Crippen LogP contribution in [0.5, 0.6) is 0 Å². The number of hydrogen-bond acceptors (Lipinski definition) is 3. The molecular formula is C48H54O2S. The Morgan fingerprint density at radius 2 is 0.863 bits per heavy atom. The van der Waals surface area contributed by atoms with Crippen molar-refractivity contribution in [3.63, 3.8) is 0 Å². The van der Waals surface area contributed by atoms with Gasteiger partial charge < -0.3 is 0 Å². The molecule has 0 N–H and O–H groups in total. The van der Waals surface area contributed by atoms with Gasteiger partial charge in [-0.2, -0.15) is 0 Å². The molecule has 4 aromatic rings. The summed E-state index contributed by atoms with van der Waals surface area (Å²) in [6, 6.07) is 25.3. The lowest BCUT2D eigenvalue weighted by atomic mass is 9.71. The zero-order valence-electron chi connectivity index (χ0n) is 32.6.